The number of aliphatic hydroxyl groups is 2. The maximum absolute atomic E-state index is 14.0. The summed E-state index contributed by atoms with van der Waals surface area (Å²) >= 11 is 5.79. The highest BCUT2D eigenvalue weighted by Gasteiger charge is 2.47. The first-order valence-corrected chi connectivity index (χ1v) is 12.9. The third-order valence-corrected chi connectivity index (χ3v) is 7.73. The lowest BCUT2D eigenvalue weighted by Crippen LogP contribution is -2.57. The van der Waals surface area contributed by atoms with Gasteiger partial charge in [0.05, 0.1) is 29.6 Å². The van der Waals surface area contributed by atoms with Crippen molar-refractivity contribution >= 4 is 17.7 Å². The number of rotatable bonds is 7. The fraction of sp³-hybridized carbons (Fsp3) is 0.520. The number of aliphatic hydroxyl groups excluding tert-OH is 2. The van der Waals surface area contributed by atoms with Crippen LogP contribution in [0, 0.1) is 5.82 Å². The summed E-state index contributed by atoms with van der Waals surface area (Å²) in [6.07, 6.45) is -1.29. The molecule has 2 saturated heterocycles. The molecule has 1 aromatic carbocycles. The van der Waals surface area contributed by atoms with Crippen LogP contribution in [0.25, 0.3) is 11.3 Å². The molecule has 2 aliphatic heterocycles. The average molecular weight is 566 g/mol. The van der Waals surface area contributed by atoms with Crippen molar-refractivity contribution in [3.05, 3.63) is 52.8 Å². The number of likely N-dealkylation sites (tertiary alicyclic amines) is 1. The van der Waals surface area contributed by atoms with Gasteiger partial charge in [-0.05, 0) is 25.0 Å². The lowest BCUT2D eigenvalue weighted by molar-refractivity contribution is -0.212. The number of aromatic nitrogens is 4. The Bertz CT molecular complexity index is 1300. The van der Waals surface area contributed by atoms with Gasteiger partial charge in [-0.15, -0.1) is 5.10 Å². The number of carbonyl (C=O) groups is 1. The molecule has 12 nitrogen and oxygen atoms in total. The van der Waals surface area contributed by atoms with E-state index in [9.17, 15) is 24.5 Å². The molecule has 210 valence electrons. The number of hydrogen-bond acceptors (Lipinski definition) is 9. The highest BCUT2D eigenvalue weighted by atomic mass is 35.5. The summed E-state index contributed by atoms with van der Waals surface area (Å²) in [5.74, 6) is 0.133. The molecule has 5 rings (SSSR count). The molecular formula is C25H29ClFN5O7. The molecule has 2 aromatic heterocycles. The molecule has 0 spiro atoms. The Kier molecular flexibility index (Phi) is 8.14. The number of carboxylic acid groups (broad SMARTS) is 1. The molecule has 1 amide bonds. The minimum Gasteiger partial charge on any atom is -0.465 e. The second-order valence-electron chi connectivity index (χ2n) is 9.76. The Hall–Kier alpha value is -3.10. The van der Waals surface area contributed by atoms with Crippen molar-refractivity contribution in [3.63, 3.8) is 0 Å². The van der Waals surface area contributed by atoms with Crippen LogP contribution < -0.4 is 0 Å². The van der Waals surface area contributed by atoms with Crippen LogP contribution in [0.1, 0.15) is 36.3 Å². The van der Waals surface area contributed by atoms with Crippen molar-refractivity contribution in [1.82, 2.24) is 25.1 Å². The molecule has 2 aliphatic rings. The van der Waals surface area contributed by atoms with E-state index in [1.54, 1.807) is 12.3 Å². The fourth-order valence-electron chi connectivity index (χ4n) is 5.32. The van der Waals surface area contributed by atoms with E-state index in [2.05, 4.69) is 15.5 Å². The topological polar surface area (TPSA) is 156 Å². The summed E-state index contributed by atoms with van der Waals surface area (Å²) in [5, 5.41) is 42.6. The van der Waals surface area contributed by atoms with Gasteiger partial charge >= 0.3 is 6.09 Å². The van der Waals surface area contributed by atoms with Crippen LogP contribution in [0.2, 0.25) is 5.02 Å². The van der Waals surface area contributed by atoms with E-state index >= 15 is 0 Å². The van der Waals surface area contributed by atoms with Gasteiger partial charge in [-0.3, -0.25) is 0 Å². The van der Waals surface area contributed by atoms with Crippen LogP contribution in [-0.4, -0.2) is 97.7 Å². The second kappa shape index (κ2) is 11.6. The van der Waals surface area contributed by atoms with Gasteiger partial charge in [0.25, 0.3) is 0 Å². The van der Waals surface area contributed by atoms with Gasteiger partial charge in [0.2, 0.25) is 0 Å². The third-order valence-electron chi connectivity index (χ3n) is 7.42. The molecule has 3 aromatic rings. The van der Waals surface area contributed by atoms with E-state index in [0.717, 1.165) is 0 Å². The number of nitrogens with zero attached hydrogens (tertiary/aromatic N) is 5. The third kappa shape index (κ3) is 5.63. The molecular weight excluding hydrogens is 537 g/mol. The molecule has 0 radical (unpaired) electrons. The van der Waals surface area contributed by atoms with E-state index in [4.69, 9.17) is 25.6 Å². The molecule has 0 unspecified atom stereocenters. The number of methoxy groups -OCH3 is 1. The van der Waals surface area contributed by atoms with Crippen molar-refractivity contribution in [1.29, 1.82) is 0 Å². The SMILES string of the molecule is CO[C@@H]1[C@@H](n2cc(-c3ccc(Cl)c(F)c3)nn2)[C@@H](O)[C@@H](CO)O[C@@H]1Cc1cc(C2CCN(C(=O)O)CC2)on1. The Morgan fingerprint density at radius 3 is 2.69 bits per heavy atom. The van der Waals surface area contributed by atoms with Crippen LogP contribution in [-0.2, 0) is 15.9 Å². The number of benzene rings is 1. The number of ether oxygens (including phenoxy) is 2. The van der Waals surface area contributed by atoms with E-state index in [1.807, 2.05) is 6.07 Å². The Morgan fingerprint density at radius 2 is 2.03 bits per heavy atom. The maximum Gasteiger partial charge on any atom is 0.407 e. The van der Waals surface area contributed by atoms with E-state index < -0.39 is 49.0 Å². The first-order valence-electron chi connectivity index (χ1n) is 12.6. The van der Waals surface area contributed by atoms with Crippen LogP contribution in [0.15, 0.2) is 35.0 Å². The Labute approximate surface area is 227 Å². The number of hydrogen-bond donors (Lipinski definition) is 3. The zero-order valence-corrected chi connectivity index (χ0v) is 21.8. The molecule has 39 heavy (non-hydrogen) atoms. The van der Waals surface area contributed by atoms with Crippen LogP contribution >= 0.6 is 11.6 Å². The average Bonchev–Trinajstić information content (AvgIpc) is 3.61. The van der Waals surface area contributed by atoms with Crippen molar-refractivity contribution in [2.24, 2.45) is 0 Å². The normalized spacial score (nSPS) is 26.2. The molecule has 5 atom stereocenters. The zero-order chi connectivity index (χ0) is 27.7. The van der Waals surface area contributed by atoms with Crippen LogP contribution in [0.5, 0.6) is 0 Å². The standard InChI is InChI=1S/C25H29ClFN5O7/c1-37-24-20(10-15-9-19(39-29-15)13-4-6-31(7-5-13)25(35)36)38-21(12-33)23(34)22(24)32-11-18(28-30-32)14-2-3-16(26)17(27)8-14/h2-3,8-9,11,13,20-24,33-34H,4-7,10,12H2,1H3,(H,35,36)/t20-,21-,22+,23+,24+/m1/s1. The molecule has 3 N–H and O–H groups in total. The molecule has 2 fully saturated rings. The van der Waals surface area contributed by atoms with Crippen molar-refractivity contribution < 1.29 is 38.5 Å². The predicted octanol–water partition coefficient (Wildman–Crippen LogP) is 2.50. The van der Waals surface area contributed by atoms with Gasteiger partial charge < -0.3 is 34.2 Å². The van der Waals surface area contributed by atoms with Crippen LogP contribution in [0.4, 0.5) is 9.18 Å². The minimum atomic E-state index is -1.18. The lowest BCUT2D eigenvalue weighted by Gasteiger charge is -2.43. The highest BCUT2D eigenvalue weighted by Crippen LogP contribution is 2.35. The second-order valence-corrected chi connectivity index (χ2v) is 10.2. The summed E-state index contributed by atoms with van der Waals surface area (Å²) in [7, 11) is 1.48. The molecule has 0 bridgehead atoms. The Balaban J connectivity index is 1.34. The largest absolute Gasteiger partial charge is 0.465 e. The summed E-state index contributed by atoms with van der Waals surface area (Å²) in [6.45, 7) is 0.405. The molecule has 4 heterocycles. The molecule has 0 aliphatic carbocycles. The quantitative estimate of drug-likeness (QED) is 0.389. The van der Waals surface area contributed by atoms with Gasteiger partial charge in [0, 0.05) is 44.2 Å². The first-order chi connectivity index (χ1) is 18.8. The van der Waals surface area contributed by atoms with Crippen molar-refractivity contribution in [3.8, 4) is 11.3 Å². The summed E-state index contributed by atoms with van der Waals surface area (Å²) in [5.41, 5.74) is 1.42. The highest BCUT2D eigenvalue weighted by molar-refractivity contribution is 6.30. The zero-order valence-electron chi connectivity index (χ0n) is 21.1. The number of piperidine rings is 1. The summed E-state index contributed by atoms with van der Waals surface area (Å²) < 4.78 is 32.8. The number of halogens is 2. The van der Waals surface area contributed by atoms with Gasteiger partial charge in [-0.25, -0.2) is 13.9 Å². The number of amides is 1. The Morgan fingerprint density at radius 1 is 1.26 bits per heavy atom. The lowest BCUT2D eigenvalue weighted by atomic mass is 9.90. The van der Waals surface area contributed by atoms with Gasteiger partial charge in [-0.1, -0.05) is 28.0 Å². The van der Waals surface area contributed by atoms with Gasteiger partial charge in [-0.2, -0.15) is 0 Å². The summed E-state index contributed by atoms with van der Waals surface area (Å²) in [4.78, 5) is 12.6. The molecule has 0 saturated carbocycles. The van der Waals surface area contributed by atoms with E-state index in [-0.39, 0.29) is 17.4 Å². The van der Waals surface area contributed by atoms with E-state index in [1.165, 1.54) is 28.8 Å². The van der Waals surface area contributed by atoms with Crippen molar-refractivity contribution in [2.75, 3.05) is 26.8 Å². The smallest absolute Gasteiger partial charge is 0.407 e. The van der Waals surface area contributed by atoms with Crippen LogP contribution in [0.3, 0.4) is 0 Å². The first kappa shape index (κ1) is 27.5. The summed E-state index contributed by atoms with van der Waals surface area (Å²) in [6, 6.07) is 5.33. The van der Waals surface area contributed by atoms with E-state index in [0.29, 0.717) is 48.6 Å². The fourth-order valence-corrected chi connectivity index (χ4v) is 5.44. The van der Waals surface area contributed by atoms with Gasteiger partial charge in [0.1, 0.15) is 41.6 Å². The van der Waals surface area contributed by atoms with Crippen molar-refractivity contribution in [2.45, 2.75) is 55.6 Å². The molecule has 14 heteroatoms. The minimum absolute atomic E-state index is 0.0131. The predicted molar refractivity (Wildman–Crippen MR) is 134 cm³/mol. The van der Waals surface area contributed by atoms with Gasteiger partial charge in [0.15, 0.2) is 0 Å². The monoisotopic (exact) mass is 565 g/mol. The maximum atomic E-state index is 14.0.